The normalized spacial score (nSPS) is 16.4. The molecule has 0 radical (unpaired) electrons. The SMILES string of the molecule is CCc1c(C(N)=O)nc2n1C[C@@H](COc1ccc(C(C)(C)C)cc1)O2. The number of ether oxygens (including phenoxy) is 2. The molecule has 0 aliphatic carbocycles. The number of imidazole rings is 1. The van der Waals surface area contributed by atoms with Crippen LogP contribution < -0.4 is 15.2 Å². The van der Waals surface area contributed by atoms with E-state index in [-0.39, 0.29) is 11.5 Å². The number of nitrogens with zero attached hydrogens (tertiary/aromatic N) is 2. The molecule has 1 atom stereocenters. The number of fused-ring (bicyclic) bond motifs is 1. The maximum absolute atomic E-state index is 11.4. The fraction of sp³-hybridized carbons (Fsp3) is 0.474. The number of rotatable bonds is 5. The van der Waals surface area contributed by atoms with Crippen LogP contribution in [0.2, 0.25) is 0 Å². The van der Waals surface area contributed by atoms with Crippen LogP contribution in [0.25, 0.3) is 0 Å². The number of carbonyl (C=O) groups excluding carboxylic acids is 1. The molecule has 0 saturated carbocycles. The number of amides is 1. The summed E-state index contributed by atoms with van der Waals surface area (Å²) in [5.41, 5.74) is 7.88. The van der Waals surface area contributed by atoms with Crippen molar-refractivity contribution in [2.75, 3.05) is 6.61 Å². The van der Waals surface area contributed by atoms with Gasteiger partial charge in [-0.25, -0.2) is 0 Å². The molecule has 0 saturated heterocycles. The first-order valence-corrected chi connectivity index (χ1v) is 8.58. The van der Waals surface area contributed by atoms with E-state index in [9.17, 15) is 4.79 Å². The molecule has 0 bridgehead atoms. The van der Waals surface area contributed by atoms with Gasteiger partial charge >= 0.3 is 0 Å². The lowest BCUT2D eigenvalue weighted by Crippen LogP contribution is -2.25. The highest BCUT2D eigenvalue weighted by Gasteiger charge is 2.30. The summed E-state index contributed by atoms with van der Waals surface area (Å²) in [5, 5.41) is 0. The molecule has 1 aliphatic rings. The van der Waals surface area contributed by atoms with Crippen LogP contribution >= 0.6 is 0 Å². The topological polar surface area (TPSA) is 79.4 Å². The Bertz CT molecular complexity index is 772. The smallest absolute Gasteiger partial charge is 0.297 e. The van der Waals surface area contributed by atoms with E-state index in [1.807, 2.05) is 23.6 Å². The lowest BCUT2D eigenvalue weighted by molar-refractivity contribution is 0.0991. The van der Waals surface area contributed by atoms with Crippen molar-refractivity contribution in [3.8, 4) is 11.8 Å². The molecule has 1 aromatic heterocycles. The van der Waals surface area contributed by atoms with Gasteiger partial charge in [-0.3, -0.25) is 9.36 Å². The predicted molar refractivity (Wildman–Crippen MR) is 95.2 cm³/mol. The Morgan fingerprint density at radius 3 is 2.60 bits per heavy atom. The van der Waals surface area contributed by atoms with Crippen LogP contribution in [0.1, 0.15) is 49.4 Å². The van der Waals surface area contributed by atoms with Gasteiger partial charge in [0.15, 0.2) is 11.8 Å². The molecule has 2 N–H and O–H groups in total. The van der Waals surface area contributed by atoms with Gasteiger partial charge in [0.2, 0.25) is 0 Å². The van der Waals surface area contributed by atoms with E-state index in [0.29, 0.717) is 31.3 Å². The number of aromatic nitrogens is 2. The molecule has 3 rings (SSSR count). The Hall–Kier alpha value is -2.50. The van der Waals surface area contributed by atoms with Crippen molar-refractivity contribution in [3.05, 3.63) is 41.2 Å². The van der Waals surface area contributed by atoms with Crippen molar-refractivity contribution >= 4 is 5.91 Å². The van der Waals surface area contributed by atoms with E-state index in [4.69, 9.17) is 15.2 Å². The third-order valence-electron chi connectivity index (χ3n) is 4.42. The van der Waals surface area contributed by atoms with Crippen LogP contribution in [0.4, 0.5) is 0 Å². The molecule has 25 heavy (non-hydrogen) atoms. The largest absolute Gasteiger partial charge is 0.490 e. The van der Waals surface area contributed by atoms with Gasteiger partial charge in [-0.05, 0) is 29.5 Å². The van der Waals surface area contributed by atoms with E-state index >= 15 is 0 Å². The van der Waals surface area contributed by atoms with Gasteiger partial charge in [0.1, 0.15) is 12.4 Å². The van der Waals surface area contributed by atoms with Crippen molar-refractivity contribution in [3.63, 3.8) is 0 Å². The van der Waals surface area contributed by atoms with Crippen LogP contribution in [0, 0.1) is 0 Å². The summed E-state index contributed by atoms with van der Waals surface area (Å²) >= 11 is 0. The molecule has 6 nitrogen and oxygen atoms in total. The summed E-state index contributed by atoms with van der Waals surface area (Å²) in [6.45, 7) is 9.55. The molecule has 0 fully saturated rings. The summed E-state index contributed by atoms with van der Waals surface area (Å²) in [5.74, 6) is 0.295. The van der Waals surface area contributed by atoms with Crippen molar-refractivity contribution in [2.24, 2.45) is 5.73 Å². The number of hydrogen-bond donors (Lipinski definition) is 1. The number of primary amides is 1. The maximum Gasteiger partial charge on any atom is 0.297 e. The zero-order valence-corrected chi connectivity index (χ0v) is 15.2. The number of carbonyl (C=O) groups is 1. The zero-order chi connectivity index (χ0) is 18.2. The molecule has 0 spiro atoms. The minimum Gasteiger partial charge on any atom is -0.490 e. The lowest BCUT2D eigenvalue weighted by Gasteiger charge is -2.19. The quantitative estimate of drug-likeness (QED) is 0.905. The van der Waals surface area contributed by atoms with Crippen molar-refractivity contribution in [2.45, 2.75) is 52.2 Å². The van der Waals surface area contributed by atoms with Crippen LogP contribution in [-0.2, 0) is 18.4 Å². The van der Waals surface area contributed by atoms with Gasteiger partial charge in [-0.1, -0.05) is 39.8 Å². The predicted octanol–water partition coefficient (Wildman–Crippen LogP) is 2.68. The van der Waals surface area contributed by atoms with Crippen molar-refractivity contribution in [1.29, 1.82) is 0 Å². The summed E-state index contributed by atoms with van der Waals surface area (Å²) < 4.78 is 13.6. The van der Waals surface area contributed by atoms with Crippen LogP contribution in [0.3, 0.4) is 0 Å². The highest BCUT2D eigenvalue weighted by molar-refractivity contribution is 5.92. The van der Waals surface area contributed by atoms with Crippen molar-refractivity contribution < 1.29 is 14.3 Å². The highest BCUT2D eigenvalue weighted by Crippen LogP contribution is 2.27. The fourth-order valence-corrected chi connectivity index (χ4v) is 3.01. The number of nitrogens with two attached hydrogens (primary N) is 1. The lowest BCUT2D eigenvalue weighted by atomic mass is 9.87. The van der Waals surface area contributed by atoms with Gasteiger partial charge in [0, 0.05) is 0 Å². The van der Waals surface area contributed by atoms with Crippen LogP contribution in [-0.4, -0.2) is 28.2 Å². The van der Waals surface area contributed by atoms with Gasteiger partial charge in [0.25, 0.3) is 11.9 Å². The standard InChI is InChI=1S/C19H25N3O3/c1-5-15-16(17(20)23)21-18-22(15)10-14(25-18)11-24-13-8-6-12(7-9-13)19(2,3)4/h6-9,14H,5,10-11H2,1-4H3,(H2,20,23)/t14-/m0/s1. The molecule has 6 heteroatoms. The molecule has 1 aromatic carbocycles. The molecule has 1 aliphatic heterocycles. The molecule has 2 heterocycles. The van der Waals surface area contributed by atoms with E-state index in [2.05, 4.69) is 37.9 Å². The average Bonchev–Trinajstić information content (AvgIpc) is 3.09. The number of hydrogen-bond acceptors (Lipinski definition) is 4. The van der Waals surface area contributed by atoms with E-state index in [1.54, 1.807) is 0 Å². The third-order valence-corrected chi connectivity index (χ3v) is 4.42. The Kier molecular flexibility index (Phi) is 4.45. The maximum atomic E-state index is 11.4. The Morgan fingerprint density at radius 1 is 1.36 bits per heavy atom. The summed E-state index contributed by atoms with van der Waals surface area (Å²) in [6.07, 6.45) is 0.549. The number of benzene rings is 1. The summed E-state index contributed by atoms with van der Waals surface area (Å²) in [7, 11) is 0. The molecule has 2 aromatic rings. The van der Waals surface area contributed by atoms with Gasteiger partial charge in [-0.15, -0.1) is 0 Å². The van der Waals surface area contributed by atoms with E-state index in [1.165, 1.54) is 5.56 Å². The highest BCUT2D eigenvalue weighted by atomic mass is 16.6. The minimum absolute atomic E-state index is 0.122. The molecule has 0 unspecified atom stereocenters. The monoisotopic (exact) mass is 343 g/mol. The minimum atomic E-state index is -0.519. The summed E-state index contributed by atoms with van der Waals surface area (Å²) in [6, 6.07) is 8.59. The third kappa shape index (κ3) is 3.48. The molecule has 134 valence electrons. The van der Waals surface area contributed by atoms with E-state index in [0.717, 1.165) is 11.4 Å². The van der Waals surface area contributed by atoms with Crippen molar-refractivity contribution in [1.82, 2.24) is 9.55 Å². The first-order chi connectivity index (χ1) is 11.8. The first kappa shape index (κ1) is 17.3. The zero-order valence-electron chi connectivity index (χ0n) is 15.2. The molecule has 1 amide bonds. The second-order valence-corrected chi connectivity index (χ2v) is 7.34. The fourth-order valence-electron chi connectivity index (χ4n) is 3.01. The van der Waals surface area contributed by atoms with Gasteiger partial charge in [0.05, 0.1) is 12.2 Å². The molecular formula is C19H25N3O3. The second-order valence-electron chi connectivity index (χ2n) is 7.34. The molecular weight excluding hydrogens is 318 g/mol. The first-order valence-electron chi connectivity index (χ1n) is 8.58. The Morgan fingerprint density at radius 2 is 2.04 bits per heavy atom. The average molecular weight is 343 g/mol. The Labute approximate surface area is 147 Å². The van der Waals surface area contributed by atoms with E-state index < -0.39 is 5.91 Å². The summed E-state index contributed by atoms with van der Waals surface area (Å²) in [4.78, 5) is 15.7. The Balaban J connectivity index is 1.62. The second kappa shape index (κ2) is 6.43. The van der Waals surface area contributed by atoms with Gasteiger partial charge in [-0.2, -0.15) is 4.98 Å². The van der Waals surface area contributed by atoms with Crippen LogP contribution in [0.15, 0.2) is 24.3 Å². The van der Waals surface area contributed by atoms with Crippen LogP contribution in [0.5, 0.6) is 11.8 Å². The van der Waals surface area contributed by atoms with Gasteiger partial charge < -0.3 is 15.2 Å².